The van der Waals surface area contributed by atoms with E-state index in [1.54, 1.807) is 13.4 Å². The van der Waals surface area contributed by atoms with Crippen molar-refractivity contribution in [3.05, 3.63) is 17.6 Å². The Morgan fingerprint density at radius 2 is 2.25 bits per heavy atom. The lowest BCUT2D eigenvalue weighted by Gasteiger charge is -2.16. The molecule has 1 aromatic heterocycles. The van der Waals surface area contributed by atoms with Gasteiger partial charge in [-0.25, -0.2) is 9.97 Å². The van der Waals surface area contributed by atoms with Crippen LogP contribution in [-0.2, 0) is 6.42 Å². The molecule has 1 N–H and O–H groups in total. The van der Waals surface area contributed by atoms with Crippen molar-refractivity contribution in [2.45, 2.75) is 32.2 Å². The SMILES string of the molecule is CNC(Cc1ncnc(OC)c1C)C1CC1. The fraction of sp³-hybridized carbons (Fsp3) is 0.667. The van der Waals surface area contributed by atoms with Crippen LogP contribution in [-0.4, -0.2) is 30.2 Å². The van der Waals surface area contributed by atoms with Gasteiger partial charge in [0.1, 0.15) is 6.33 Å². The Kier molecular flexibility index (Phi) is 3.39. The number of hydrogen-bond donors (Lipinski definition) is 1. The third-order valence-corrected chi connectivity index (χ3v) is 3.31. The van der Waals surface area contributed by atoms with Crippen LogP contribution in [0.25, 0.3) is 0 Å². The van der Waals surface area contributed by atoms with E-state index in [0.717, 1.165) is 23.6 Å². The number of ether oxygens (including phenoxy) is 1. The van der Waals surface area contributed by atoms with Gasteiger partial charge in [-0.15, -0.1) is 0 Å². The third-order valence-electron chi connectivity index (χ3n) is 3.31. The summed E-state index contributed by atoms with van der Waals surface area (Å²) in [5, 5.41) is 3.38. The summed E-state index contributed by atoms with van der Waals surface area (Å²) in [5.41, 5.74) is 2.16. The lowest BCUT2D eigenvalue weighted by atomic mass is 10.0. The molecule has 0 bridgehead atoms. The summed E-state index contributed by atoms with van der Waals surface area (Å²) in [7, 11) is 3.67. The van der Waals surface area contributed by atoms with E-state index in [-0.39, 0.29) is 0 Å². The maximum absolute atomic E-state index is 5.21. The minimum absolute atomic E-state index is 0.540. The van der Waals surface area contributed by atoms with Crippen molar-refractivity contribution in [3.8, 4) is 5.88 Å². The number of rotatable bonds is 5. The normalized spacial score (nSPS) is 17.2. The zero-order chi connectivity index (χ0) is 11.5. The van der Waals surface area contributed by atoms with E-state index in [2.05, 4.69) is 15.3 Å². The van der Waals surface area contributed by atoms with E-state index in [1.165, 1.54) is 12.8 Å². The molecule has 1 atom stereocenters. The van der Waals surface area contributed by atoms with E-state index in [4.69, 9.17) is 4.74 Å². The van der Waals surface area contributed by atoms with Gasteiger partial charge >= 0.3 is 0 Å². The maximum Gasteiger partial charge on any atom is 0.219 e. The summed E-state index contributed by atoms with van der Waals surface area (Å²) in [6, 6.07) is 0.540. The molecule has 1 aromatic rings. The van der Waals surface area contributed by atoms with Gasteiger partial charge in [0.15, 0.2) is 0 Å². The molecule has 0 radical (unpaired) electrons. The van der Waals surface area contributed by atoms with Gasteiger partial charge in [-0.1, -0.05) is 0 Å². The predicted octanol–water partition coefficient (Wildman–Crippen LogP) is 1.33. The van der Waals surface area contributed by atoms with Gasteiger partial charge in [-0.05, 0) is 32.7 Å². The number of aromatic nitrogens is 2. The van der Waals surface area contributed by atoms with Gasteiger partial charge in [0.25, 0.3) is 0 Å². The van der Waals surface area contributed by atoms with E-state index < -0.39 is 0 Å². The second-order valence-electron chi connectivity index (χ2n) is 4.39. The fourth-order valence-electron chi connectivity index (χ4n) is 2.09. The molecule has 0 spiro atoms. The molecular weight excluding hydrogens is 202 g/mol. The zero-order valence-electron chi connectivity index (χ0n) is 10.2. The summed E-state index contributed by atoms with van der Waals surface area (Å²) < 4.78 is 5.21. The average Bonchev–Trinajstić information content (AvgIpc) is 3.12. The summed E-state index contributed by atoms with van der Waals surface area (Å²) >= 11 is 0. The van der Waals surface area contributed by atoms with Gasteiger partial charge < -0.3 is 10.1 Å². The first kappa shape index (κ1) is 11.3. The van der Waals surface area contributed by atoms with Crippen LogP contribution in [0.3, 0.4) is 0 Å². The van der Waals surface area contributed by atoms with E-state index in [0.29, 0.717) is 11.9 Å². The van der Waals surface area contributed by atoms with E-state index >= 15 is 0 Å². The van der Waals surface area contributed by atoms with Crippen molar-refractivity contribution >= 4 is 0 Å². The summed E-state index contributed by atoms with van der Waals surface area (Å²) in [5.74, 6) is 1.51. The second kappa shape index (κ2) is 4.78. The standard InChI is InChI=1S/C12H19N3O/c1-8-10(14-7-15-12(8)16-3)6-11(13-2)9-4-5-9/h7,9,11,13H,4-6H2,1-3H3. The van der Waals surface area contributed by atoms with E-state index in [9.17, 15) is 0 Å². The predicted molar refractivity (Wildman–Crippen MR) is 62.6 cm³/mol. The molecule has 16 heavy (non-hydrogen) atoms. The van der Waals surface area contributed by atoms with Crippen LogP contribution < -0.4 is 10.1 Å². The van der Waals surface area contributed by atoms with Crippen LogP contribution in [0, 0.1) is 12.8 Å². The molecule has 0 aromatic carbocycles. The Labute approximate surface area is 96.4 Å². The molecule has 88 valence electrons. The summed E-state index contributed by atoms with van der Waals surface area (Å²) in [6.07, 6.45) is 5.23. The number of nitrogens with one attached hydrogen (secondary N) is 1. The molecule has 1 heterocycles. The molecule has 1 saturated carbocycles. The highest BCUT2D eigenvalue weighted by Gasteiger charge is 2.30. The van der Waals surface area contributed by atoms with Crippen molar-refractivity contribution in [1.82, 2.24) is 15.3 Å². The number of hydrogen-bond acceptors (Lipinski definition) is 4. The molecule has 1 unspecified atom stereocenters. The average molecular weight is 221 g/mol. The first-order valence-corrected chi connectivity index (χ1v) is 5.78. The Balaban J connectivity index is 2.13. The molecule has 1 aliphatic carbocycles. The highest BCUT2D eigenvalue weighted by Crippen LogP contribution is 2.34. The number of nitrogens with zero attached hydrogens (tertiary/aromatic N) is 2. The van der Waals surface area contributed by atoms with Crippen LogP contribution in [0.1, 0.15) is 24.1 Å². The summed E-state index contributed by atoms with van der Waals surface area (Å²) in [6.45, 7) is 2.02. The molecule has 1 aliphatic rings. The molecule has 4 heteroatoms. The lowest BCUT2D eigenvalue weighted by molar-refractivity contribution is 0.391. The Morgan fingerprint density at radius 1 is 1.50 bits per heavy atom. The highest BCUT2D eigenvalue weighted by atomic mass is 16.5. The molecule has 0 saturated heterocycles. The highest BCUT2D eigenvalue weighted by molar-refractivity contribution is 5.28. The van der Waals surface area contributed by atoms with Crippen LogP contribution >= 0.6 is 0 Å². The topological polar surface area (TPSA) is 47.0 Å². The minimum atomic E-state index is 0.540. The maximum atomic E-state index is 5.21. The molecule has 2 rings (SSSR count). The molecule has 4 nitrogen and oxygen atoms in total. The quantitative estimate of drug-likeness (QED) is 0.815. The Morgan fingerprint density at radius 3 is 2.81 bits per heavy atom. The smallest absolute Gasteiger partial charge is 0.219 e. The fourth-order valence-corrected chi connectivity index (χ4v) is 2.09. The van der Waals surface area contributed by atoms with Crippen LogP contribution in [0.5, 0.6) is 5.88 Å². The lowest BCUT2D eigenvalue weighted by Crippen LogP contribution is -2.30. The minimum Gasteiger partial charge on any atom is -0.481 e. The van der Waals surface area contributed by atoms with Crippen LogP contribution in [0.2, 0.25) is 0 Å². The summed E-state index contributed by atoms with van der Waals surface area (Å²) in [4.78, 5) is 8.45. The second-order valence-corrected chi connectivity index (χ2v) is 4.39. The van der Waals surface area contributed by atoms with Crippen LogP contribution in [0.4, 0.5) is 0 Å². The Hall–Kier alpha value is -1.16. The molecule has 0 amide bonds. The van der Waals surface area contributed by atoms with Gasteiger partial charge in [-0.3, -0.25) is 0 Å². The van der Waals surface area contributed by atoms with Gasteiger partial charge in [-0.2, -0.15) is 0 Å². The van der Waals surface area contributed by atoms with Crippen molar-refractivity contribution in [3.63, 3.8) is 0 Å². The Bertz CT molecular complexity index is 363. The number of likely N-dealkylation sites (N-methyl/N-ethyl adjacent to an activating group) is 1. The molecular formula is C12H19N3O. The zero-order valence-corrected chi connectivity index (χ0v) is 10.2. The van der Waals surface area contributed by atoms with Gasteiger partial charge in [0, 0.05) is 18.0 Å². The van der Waals surface area contributed by atoms with E-state index in [1.807, 2.05) is 14.0 Å². The van der Waals surface area contributed by atoms with Crippen molar-refractivity contribution in [2.24, 2.45) is 5.92 Å². The van der Waals surface area contributed by atoms with Crippen LogP contribution in [0.15, 0.2) is 6.33 Å². The molecule has 0 aliphatic heterocycles. The first-order valence-electron chi connectivity index (χ1n) is 5.78. The monoisotopic (exact) mass is 221 g/mol. The van der Waals surface area contributed by atoms with Gasteiger partial charge in [0.2, 0.25) is 5.88 Å². The van der Waals surface area contributed by atoms with Gasteiger partial charge in [0.05, 0.1) is 12.8 Å². The largest absolute Gasteiger partial charge is 0.481 e. The third kappa shape index (κ3) is 2.32. The van der Waals surface area contributed by atoms with Crippen molar-refractivity contribution < 1.29 is 4.74 Å². The first-order chi connectivity index (χ1) is 7.76. The van der Waals surface area contributed by atoms with Crippen molar-refractivity contribution in [2.75, 3.05) is 14.2 Å². The number of methoxy groups -OCH3 is 1. The van der Waals surface area contributed by atoms with Crippen molar-refractivity contribution in [1.29, 1.82) is 0 Å². The molecule has 1 fully saturated rings.